The number of pyridine rings is 1. The average molecular weight is 363 g/mol. The first kappa shape index (κ1) is 18.0. The Morgan fingerprint density at radius 1 is 1.30 bits per heavy atom. The van der Waals surface area contributed by atoms with Gasteiger partial charge in [0.25, 0.3) is 0 Å². The van der Waals surface area contributed by atoms with Crippen LogP contribution in [-0.4, -0.2) is 29.1 Å². The fourth-order valence-electron chi connectivity index (χ4n) is 2.70. The Morgan fingerprint density at radius 3 is 2.81 bits per heavy atom. The van der Waals surface area contributed by atoms with Gasteiger partial charge in [0.05, 0.1) is 19.4 Å². The molecule has 0 radical (unpaired) electrons. The van der Waals surface area contributed by atoms with E-state index in [4.69, 9.17) is 15.0 Å². The van der Waals surface area contributed by atoms with E-state index in [1.165, 1.54) is 6.08 Å². The summed E-state index contributed by atoms with van der Waals surface area (Å²) in [6.07, 6.45) is 3.28. The van der Waals surface area contributed by atoms with Crippen LogP contribution in [-0.2, 0) is 9.53 Å². The fourth-order valence-corrected chi connectivity index (χ4v) is 2.70. The standard InChI is InChI=1S/C19H17N5O3/c1-3-27-19(25)14(22-23-20)12-15-18(13-8-4-5-9-16(13)26-2)21-17-10-6-7-11-24(15)17/h4-12H,3H2,1-2H3/b14-12-. The highest BCUT2D eigenvalue weighted by Gasteiger charge is 2.18. The van der Waals surface area contributed by atoms with Crippen molar-refractivity contribution in [3.63, 3.8) is 0 Å². The molecule has 3 rings (SSSR count). The molecule has 0 atom stereocenters. The van der Waals surface area contributed by atoms with Crippen molar-refractivity contribution in [3.05, 3.63) is 70.5 Å². The van der Waals surface area contributed by atoms with E-state index < -0.39 is 5.97 Å². The predicted molar refractivity (Wildman–Crippen MR) is 101 cm³/mol. The number of hydrogen-bond donors (Lipinski definition) is 0. The van der Waals surface area contributed by atoms with Gasteiger partial charge in [-0.2, -0.15) is 0 Å². The first-order chi connectivity index (χ1) is 13.2. The minimum absolute atomic E-state index is 0.152. The third-order valence-electron chi connectivity index (χ3n) is 3.84. The summed E-state index contributed by atoms with van der Waals surface area (Å²) in [6, 6.07) is 13.0. The number of benzene rings is 1. The van der Waals surface area contributed by atoms with Crippen molar-refractivity contribution in [2.24, 2.45) is 5.11 Å². The number of hydrogen-bond acceptors (Lipinski definition) is 5. The summed E-state index contributed by atoms with van der Waals surface area (Å²) < 4.78 is 12.2. The number of carbonyl (C=O) groups excluding carboxylic acids is 1. The average Bonchev–Trinajstić information content (AvgIpc) is 3.06. The molecule has 0 fully saturated rings. The highest BCUT2D eigenvalue weighted by molar-refractivity contribution is 5.94. The highest BCUT2D eigenvalue weighted by Crippen LogP contribution is 2.33. The number of methoxy groups -OCH3 is 1. The number of ether oxygens (including phenoxy) is 2. The molecule has 0 bridgehead atoms. The van der Waals surface area contributed by atoms with Gasteiger partial charge in [-0.3, -0.25) is 4.40 Å². The molecule has 0 unspecified atom stereocenters. The second-order valence-corrected chi connectivity index (χ2v) is 5.41. The maximum atomic E-state index is 12.2. The Bertz CT molecular complexity index is 1060. The molecule has 8 nitrogen and oxygen atoms in total. The summed E-state index contributed by atoms with van der Waals surface area (Å²) >= 11 is 0. The van der Waals surface area contributed by atoms with E-state index in [0.717, 1.165) is 5.56 Å². The number of fused-ring (bicyclic) bond motifs is 1. The molecular formula is C19H17N5O3. The van der Waals surface area contributed by atoms with Crippen molar-refractivity contribution >= 4 is 17.7 Å². The Kier molecular flexibility index (Phi) is 5.39. The van der Waals surface area contributed by atoms with Crippen LogP contribution >= 0.6 is 0 Å². The molecule has 0 N–H and O–H groups in total. The molecule has 27 heavy (non-hydrogen) atoms. The van der Waals surface area contributed by atoms with Crippen LogP contribution in [0, 0.1) is 0 Å². The number of carbonyl (C=O) groups is 1. The van der Waals surface area contributed by atoms with Crippen molar-refractivity contribution in [1.29, 1.82) is 0 Å². The molecule has 0 aliphatic heterocycles. The van der Waals surface area contributed by atoms with Crippen molar-refractivity contribution in [1.82, 2.24) is 9.38 Å². The van der Waals surface area contributed by atoms with Gasteiger partial charge in [0.1, 0.15) is 22.8 Å². The summed E-state index contributed by atoms with van der Waals surface area (Å²) in [5, 5.41) is 3.50. The van der Waals surface area contributed by atoms with Crippen molar-refractivity contribution in [3.8, 4) is 17.0 Å². The van der Waals surface area contributed by atoms with Crippen molar-refractivity contribution in [2.75, 3.05) is 13.7 Å². The molecule has 0 saturated heterocycles. The highest BCUT2D eigenvalue weighted by atomic mass is 16.5. The molecule has 0 aliphatic rings. The maximum Gasteiger partial charge on any atom is 0.340 e. The minimum atomic E-state index is -0.702. The summed E-state index contributed by atoms with van der Waals surface area (Å²) in [4.78, 5) is 19.6. The lowest BCUT2D eigenvalue weighted by Gasteiger charge is -2.08. The molecule has 2 aromatic heterocycles. The van der Waals surface area contributed by atoms with Gasteiger partial charge >= 0.3 is 5.97 Å². The second-order valence-electron chi connectivity index (χ2n) is 5.41. The van der Waals surface area contributed by atoms with Crippen molar-refractivity contribution in [2.45, 2.75) is 6.92 Å². The molecule has 1 aromatic carbocycles. The number of nitrogens with zero attached hydrogens (tertiary/aromatic N) is 5. The topological polar surface area (TPSA) is 102 Å². The first-order valence-electron chi connectivity index (χ1n) is 8.24. The van der Waals surface area contributed by atoms with Gasteiger partial charge in [-0.25, -0.2) is 9.78 Å². The van der Waals surface area contributed by atoms with Gasteiger partial charge in [0.15, 0.2) is 0 Å². The van der Waals surface area contributed by atoms with Gasteiger partial charge in [-0.1, -0.05) is 23.3 Å². The molecule has 8 heteroatoms. The third kappa shape index (κ3) is 3.61. The van der Waals surface area contributed by atoms with E-state index in [0.29, 0.717) is 22.8 Å². The van der Waals surface area contributed by atoms with Crippen LogP contribution in [0.15, 0.2) is 59.5 Å². The number of para-hydroxylation sites is 1. The molecule has 0 saturated carbocycles. The van der Waals surface area contributed by atoms with Crippen LogP contribution in [0.1, 0.15) is 12.6 Å². The van der Waals surface area contributed by atoms with Gasteiger partial charge in [0, 0.05) is 16.7 Å². The Balaban J connectivity index is 2.29. The quantitative estimate of drug-likeness (QED) is 0.215. The predicted octanol–water partition coefficient (Wildman–Crippen LogP) is 4.22. The van der Waals surface area contributed by atoms with E-state index in [1.54, 1.807) is 18.4 Å². The maximum absolute atomic E-state index is 12.2. The van der Waals surface area contributed by atoms with Crippen LogP contribution in [0.25, 0.3) is 33.4 Å². The van der Waals surface area contributed by atoms with Crippen LogP contribution < -0.4 is 4.74 Å². The largest absolute Gasteiger partial charge is 0.496 e. The molecule has 3 aromatic rings. The summed E-state index contributed by atoms with van der Waals surface area (Å²) in [5.74, 6) is -0.0656. The van der Waals surface area contributed by atoms with E-state index in [9.17, 15) is 4.79 Å². The zero-order valence-electron chi connectivity index (χ0n) is 14.9. The fraction of sp³-hybridized carbons (Fsp3) is 0.158. The first-order valence-corrected chi connectivity index (χ1v) is 8.24. The van der Waals surface area contributed by atoms with Crippen molar-refractivity contribution < 1.29 is 14.3 Å². The number of azide groups is 1. The molecular weight excluding hydrogens is 346 g/mol. The SMILES string of the molecule is CCOC(=O)/C(=C/c1c(-c2ccccc2OC)nc2ccccn12)N=[N+]=[N-]. The lowest BCUT2D eigenvalue weighted by Crippen LogP contribution is -2.06. The summed E-state index contributed by atoms with van der Waals surface area (Å²) in [7, 11) is 1.58. The number of rotatable bonds is 6. The Morgan fingerprint density at radius 2 is 2.07 bits per heavy atom. The van der Waals surface area contributed by atoms with E-state index in [2.05, 4.69) is 15.0 Å². The lowest BCUT2D eigenvalue weighted by atomic mass is 10.1. The molecule has 0 amide bonds. The van der Waals surface area contributed by atoms with Gasteiger partial charge in [-0.15, -0.1) is 0 Å². The van der Waals surface area contributed by atoms with Crippen LogP contribution in [0.3, 0.4) is 0 Å². The van der Waals surface area contributed by atoms with Gasteiger partial charge in [0.2, 0.25) is 0 Å². The van der Waals surface area contributed by atoms with E-state index in [1.807, 2.05) is 48.7 Å². The summed E-state index contributed by atoms with van der Waals surface area (Å²) in [6.45, 7) is 1.85. The number of esters is 1. The third-order valence-corrected chi connectivity index (χ3v) is 3.84. The number of aromatic nitrogens is 2. The lowest BCUT2D eigenvalue weighted by molar-refractivity contribution is -0.138. The molecule has 0 aliphatic carbocycles. The molecule has 0 spiro atoms. The normalized spacial score (nSPS) is 11.1. The summed E-state index contributed by atoms with van der Waals surface area (Å²) in [5.41, 5.74) is 11.3. The van der Waals surface area contributed by atoms with Crippen LogP contribution in [0.2, 0.25) is 0 Å². The second kappa shape index (κ2) is 8.07. The smallest absolute Gasteiger partial charge is 0.340 e. The van der Waals surface area contributed by atoms with Gasteiger partial charge in [-0.05, 0) is 42.8 Å². The van der Waals surface area contributed by atoms with Gasteiger partial charge < -0.3 is 9.47 Å². The zero-order chi connectivity index (χ0) is 19.2. The zero-order valence-corrected chi connectivity index (χ0v) is 14.9. The monoisotopic (exact) mass is 363 g/mol. The molecule has 136 valence electrons. The van der Waals surface area contributed by atoms with E-state index in [-0.39, 0.29) is 12.3 Å². The van der Waals surface area contributed by atoms with E-state index >= 15 is 0 Å². The van der Waals surface area contributed by atoms with Crippen LogP contribution in [0.4, 0.5) is 0 Å². The Hall–Kier alpha value is -3.77. The Labute approximate surface area is 155 Å². The minimum Gasteiger partial charge on any atom is -0.496 e. The van der Waals surface area contributed by atoms with Crippen LogP contribution in [0.5, 0.6) is 5.75 Å². The molecule has 2 heterocycles. The number of imidazole rings is 1.